The second kappa shape index (κ2) is 7.70. The van der Waals surface area contributed by atoms with Crippen LogP contribution in [0.3, 0.4) is 0 Å². The van der Waals surface area contributed by atoms with Crippen molar-refractivity contribution in [3.8, 4) is 5.75 Å². The number of benzene rings is 1. The largest absolute Gasteiger partial charge is 0.494 e. The van der Waals surface area contributed by atoms with Crippen LogP contribution in [-0.2, 0) is 21.1 Å². The summed E-state index contributed by atoms with van der Waals surface area (Å²) >= 11 is 0. The Morgan fingerprint density at radius 3 is 2.86 bits per heavy atom. The van der Waals surface area contributed by atoms with E-state index in [1.165, 1.54) is 0 Å². The van der Waals surface area contributed by atoms with Gasteiger partial charge in [0.15, 0.2) is 0 Å². The average Bonchev–Trinajstić information content (AvgIpc) is 2.16. The summed E-state index contributed by atoms with van der Waals surface area (Å²) in [7, 11) is 0. The van der Waals surface area contributed by atoms with Crippen LogP contribution in [0.1, 0.15) is 18.9 Å². The molecule has 0 aliphatic heterocycles. The number of ether oxygens (including phenoxy) is 1. The molecule has 0 unspecified atom stereocenters. The van der Waals surface area contributed by atoms with Crippen molar-refractivity contribution in [1.82, 2.24) is 0 Å². The van der Waals surface area contributed by atoms with Crippen LogP contribution in [0.15, 0.2) is 30.3 Å². The summed E-state index contributed by atoms with van der Waals surface area (Å²) in [4.78, 5) is 0. The van der Waals surface area contributed by atoms with Gasteiger partial charge in [-0.3, -0.25) is 0 Å². The van der Waals surface area contributed by atoms with Gasteiger partial charge >= 0.3 is 0 Å². The summed E-state index contributed by atoms with van der Waals surface area (Å²) in [5.41, 5.74) is 1.13. The Morgan fingerprint density at radius 2 is 2.21 bits per heavy atom. The van der Waals surface area contributed by atoms with Crippen molar-refractivity contribution in [2.24, 2.45) is 0 Å². The fourth-order valence-electron chi connectivity index (χ4n) is 1.06. The van der Waals surface area contributed by atoms with Gasteiger partial charge in [0, 0.05) is 21.1 Å². The quantitative estimate of drug-likeness (QED) is 0.750. The predicted octanol–water partition coefficient (Wildman–Crippen LogP) is 3.32. The van der Waals surface area contributed by atoms with Gasteiger partial charge < -0.3 is 4.74 Å². The van der Waals surface area contributed by atoms with Crippen LogP contribution in [-0.4, -0.2) is 6.61 Å². The molecule has 0 atom stereocenters. The van der Waals surface area contributed by atoms with E-state index in [1.54, 1.807) is 6.08 Å². The second-order valence-electron chi connectivity index (χ2n) is 2.82. The van der Waals surface area contributed by atoms with Crippen LogP contribution in [0.2, 0.25) is 0 Å². The fourth-order valence-corrected chi connectivity index (χ4v) is 1.06. The van der Waals surface area contributed by atoms with Gasteiger partial charge in [-0.1, -0.05) is 19.1 Å². The first-order chi connectivity index (χ1) is 6.36. The van der Waals surface area contributed by atoms with E-state index in [0.717, 1.165) is 24.3 Å². The van der Waals surface area contributed by atoms with Crippen LogP contribution in [0.25, 0.3) is 6.08 Å². The molecule has 76 valence electrons. The Morgan fingerprint density at radius 1 is 1.43 bits per heavy atom. The maximum Gasteiger partial charge on any atom is 0.118 e. The van der Waals surface area contributed by atoms with E-state index >= 15 is 0 Å². The van der Waals surface area contributed by atoms with Crippen LogP contribution >= 0.6 is 0 Å². The van der Waals surface area contributed by atoms with Crippen molar-refractivity contribution in [3.63, 3.8) is 0 Å². The smallest absolute Gasteiger partial charge is 0.118 e. The van der Waals surface area contributed by atoms with Gasteiger partial charge in [-0.2, -0.15) is 0 Å². The summed E-state index contributed by atoms with van der Waals surface area (Å²) in [6.45, 7) is 6.52. The molecule has 0 N–H and O–H groups in total. The zero-order chi connectivity index (χ0) is 9.52. The third-order valence-corrected chi connectivity index (χ3v) is 1.64. The van der Waals surface area contributed by atoms with Gasteiger partial charge in [-0.05, 0) is 18.6 Å². The molecule has 1 nitrogen and oxygen atoms in total. The van der Waals surface area contributed by atoms with Crippen molar-refractivity contribution >= 4 is 6.08 Å². The van der Waals surface area contributed by atoms with Crippen molar-refractivity contribution in [2.75, 3.05) is 6.61 Å². The monoisotopic (exact) mass is 359 g/mol. The maximum atomic E-state index is 5.49. The minimum Gasteiger partial charge on any atom is -0.494 e. The van der Waals surface area contributed by atoms with E-state index < -0.39 is 0 Å². The normalized spacial score (nSPS) is 9.79. The van der Waals surface area contributed by atoms with E-state index in [1.807, 2.05) is 30.3 Å². The van der Waals surface area contributed by atoms with Crippen LogP contribution < -0.4 is 4.74 Å². The number of rotatable bonds is 4. The standard InChI is InChI=1S/C12H15O.W/c1-3-6-11-7-5-8-12(10-11)13-9-4-2;/h3,5-8,10H,1,4,9H2,2H3;/q-1;/b6-3+;. The van der Waals surface area contributed by atoms with Gasteiger partial charge in [0.1, 0.15) is 5.75 Å². The molecule has 2 heteroatoms. The predicted molar refractivity (Wildman–Crippen MR) is 56.6 cm³/mol. The second-order valence-corrected chi connectivity index (χ2v) is 2.82. The molecule has 0 radical (unpaired) electrons. The molecular weight excluding hydrogens is 344 g/mol. The zero-order valence-corrected chi connectivity index (χ0v) is 11.3. The summed E-state index contributed by atoms with van der Waals surface area (Å²) in [5, 5.41) is 0. The first-order valence-electron chi connectivity index (χ1n) is 4.55. The molecule has 0 aromatic heterocycles. The molecule has 0 saturated heterocycles. The Kier molecular flexibility index (Phi) is 7.32. The SMILES string of the molecule is [CH2-]/C=C/c1cccc(OCCC)c1.[W]. The molecule has 0 fully saturated rings. The topological polar surface area (TPSA) is 9.23 Å². The summed E-state index contributed by atoms with van der Waals surface area (Å²) in [6.07, 6.45) is 4.77. The molecule has 0 bridgehead atoms. The van der Waals surface area contributed by atoms with Crippen LogP contribution in [0, 0.1) is 6.92 Å². The molecule has 0 saturated carbocycles. The van der Waals surface area contributed by atoms with Gasteiger partial charge in [0.2, 0.25) is 0 Å². The van der Waals surface area contributed by atoms with Gasteiger partial charge in [-0.15, -0.1) is 5.56 Å². The fraction of sp³-hybridized carbons (Fsp3) is 0.250. The minimum absolute atomic E-state index is 0. The Labute approximate surface area is 100 Å². The van der Waals surface area contributed by atoms with Crippen LogP contribution in [0.4, 0.5) is 0 Å². The molecule has 1 aromatic carbocycles. The molecule has 0 aliphatic rings. The van der Waals surface area contributed by atoms with E-state index in [-0.39, 0.29) is 21.1 Å². The van der Waals surface area contributed by atoms with E-state index in [9.17, 15) is 0 Å². The van der Waals surface area contributed by atoms with Crippen molar-refractivity contribution < 1.29 is 25.8 Å². The molecule has 1 rings (SSSR count). The summed E-state index contributed by atoms with van der Waals surface area (Å²) in [6, 6.07) is 7.99. The van der Waals surface area contributed by atoms with E-state index in [0.29, 0.717) is 0 Å². The molecule has 0 spiro atoms. The van der Waals surface area contributed by atoms with Gasteiger partial charge in [-0.25, -0.2) is 19.1 Å². The van der Waals surface area contributed by atoms with Crippen LogP contribution in [0.5, 0.6) is 5.75 Å². The Balaban J connectivity index is 0.00000169. The molecular formula is C12H15OW-. The van der Waals surface area contributed by atoms with E-state index in [4.69, 9.17) is 4.74 Å². The number of hydrogen-bond acceptors (Lipinski definition) is 1. The number of allylic oxidation sites excluding steroid dienone is 1. The summed E-state index contributed by atoms with van der Waals surface area (Å²) < 4.78 is 5.49. The third kappa shape index (κ3) is 4.53. The molecule has 14 heavy (non-hydrogen) atoms. The van der Waals surface area contributed by atoms with Crippen molar-refractivity contribution in [2.45, 2.75) is 13.3 Å². The first-order valence-corrected chi connectivity index (χ1v) is 4.55. The average molecular weight is 359 g/mol. The third-order valence-electron chi connectivity index (χ3n) is 1.64. The maximum absolute atomic E-state index is 5.49. The molecule has 0 heterocycles. The first kappa shape index (κ1) is 13.3. The van der Waals surface area contributed by atoms with Gasteiger partial charge in [0.25, 0.3) is 0 Å². The molecule has 1 aromatic rings. The minimum atomic E-state index is 0. The zero-order valence-electron chi connectivity index (χ0n) is 8.40. The molecule has 0 amide bonds. The summed E-state index contributed by atoms with van der Waals surface area (Å²) in [5.74, 6) is 0.928. The Bertz CT molecular complexity index is 281. The number of hydrogen-bond donors (Lipinski definition) is 0. The Hall–Kier alpha value is -0.682. The molecule has 0 aliphatic carbocycles. The van der Waals surface area contributed by atoms with Gasteiger partial charge in [0.05, 0.1) is 6.61 Å². The van der Waals surface area contributed by atoms with Crippen molar-refractivity contribution in [3.05, 3.63) is 42.8 Å². The van der Waals surface area contributed by atoms with E-state index in [2.05, 4.69) is 13.8 Å². The van der Waals surface area contributed by atoms with Crippen molar-refractivity contribution in [1.29, 1.82) is 0 Å².